The highest BCUT2D eigenvalue weighted by Gasteiger charge is 2.15. The van der Waals surface area contributed by atoms with Gasteiger partial charge in [-0.15, -0.1) is 0 Å². The fourth-order valence-corrected chi connectivity index (χ4v) is 4.20. The van der Waals surface area contributed by atoms with Crippen LogP contribution in [-0.4, -0.2) is 21.6 Å². The van der Waals surface area contributed by atoms with E-state index in [1.54, 1.807) is 44.8 Å². The molecule has 0 radical (unpaired) electrons. The van der Waals surface area contributed by atoms with Crippen LogP contribution in [-0.2, 0) is 13.5 Å². The number of pyridine rings is 1. The van der Waals surface area contributed by atoms with Crippen molar-refractivity contribution in [1.29, 1.82) is 0 Å². The number of ether oxygens (including phenoxy) is 1. The second kappa shape index (κ2) is 8.90. The number of hydrogen-bond donors (Lipinski definition) is 0. The molecular formula is C28H22FN3O2. The summed E-state index contributed by atoms with van der Waals surface area (Å²) in [5.41, 5.74) is 2.86. The van der Waals surface area contributed by atoms with Crippen LogP contribution < -0.4 is 10.3 Å². The van der Waals surface area contributed by atoms with Crippen molar-refractivity contribution in [3.8, 4) is 28.0 Å². The first-order chi connectivity index (χ1) is 16.6. The van der Waals surface area contributed by atoms with Crippen molar-refractivity contribution in [3.05, 3.63) is 113 Å². The average molecular weight is 452 g/mol. The molecule has 5 rings (SSSR count). The number of benzene rings is 3. The van der Waals surface area contributed by atoms with E-state index in [4.69, 9.17) is 4.74 Å². The molecule has 2 aromatic heterocycles. The fraction of sp³-hybridized carbons (Fsp3) is 0.107. The maximum Gasteiger partial charge on any atom is 0.261 e. The van der Waals surface area contributed by atoms with E-state index in [2.05, 4.69) is 9.97 Å². The van der Waals surface area contributed by atoms with Gasteiger partial charge in [0.2, 0.25) is 0 Å². The Hall–Kier alpha value is -4.32. The second-order valence-electron chi connectivity index (χ2n) is 8.05. The molecule has 0 aliphatic heterocycles. The third-order valence-corrected chi connectivity index (χ3v) is 6.04. The normalized spacial score (nSPS) is 11.0. The van der Waals surface area contributed by atoms with E-state index in [0.29, 0.717) is 34.7 Å². The molecule has 0 atom stereocenters. The molecule has 6 heteroatoms. The number of nitrogens with zero attached hydrogens (tertiary/aromatic N) is 3. The maximum absolute atomic E-state index is 15.4. The van der Waals surface area contributed by atoms with Gasteiger partial charge in [0.05, 0.1) is 12.7 Å². The third-order valence-electron chi connectivity index (χ3n) is 6.04. The van der Waals surface area contributed by atoms with E-state index >= 15 is 4.39 Å². The number of rotatable bonds is 5. The standard InChI is InChI=1S/C28H22FN3O2/c1-32-27(14-18-6-4-3-5-7-18)31-17-23(28(32)33)19-8-9-22(25(29)15-19)20-10-11-26(34-2)24-16-30-13-12-21(20)24/h3-13,15-17H,14H2,1-2H3. The topological polar surface area (TPSA) is 57.0 Å². The van der Waals surface area contributed by atoms with Gasteiger partial charge in [0, 0.05) is 43.0 Å². The second-order valence-corrected chi connectivity index (χ2v) is 8.05. The lowest BCUT2D eigenvalue weighted by molar-refractivity contribution is 0.420. The highest BCUT2D eigenvalue weighted by molar-refractivity contribution is 5.99. The van der Waals surface area contributed by atoms with E-state index in [1.165, 1.54) is 16.8 Å². The predicted octanol–water partition coefficient (Wildman–Crippen LogP) is 5.40. The van der Waals surface area contributed by atoms with Gasteiger partial charge in [-0.05, 0) is 46.3 Å². The smallest absolute Gasteiger partial charge is 0.261 e. The number of halogens is 1. The van der Waals surface area contributed by atoms with Gasteiger partial charge >= 0.3 is 0 Å². The molecule has 168 valence electrons. The Labute approximate surface area is 196 Å². The van der Waals surface area contributed by atoms with Crippen LogP contribution >= 0.6 is 0 Å². The zero-order valence-corrected chi connectivity index (χ0v) is 18.8. The Kier molecular flexibility index (Phi) is 5.64. The Morgan fingerprint density at radius 3 is 2.47 bits per heavy atom. The average Bonchev–Trinajstić information content (AvgIpc) is 2.87. The molecule has 0 unspecified atom stereocenters. The summed E-state index contributed by atoms with van der Waals surface area (Å²) < 4.78 is 22.3. The monoisotopic (exact) mass is 451 g/mol. The molecule has 0 fully saturated rings. The summed E-state index contributed by atoms with van der Waals surface area (Å²) in [6, 6.07) is 20.2. The quantitative estimate of drug-likeness (QED) is 0.359. The van der Waals surface area contributed by atoms with Crippen LogP contribution in [0.15, 0.2) is 90.1 Å². The highest BCUT2D eigenvalue weighted by Crippen LogP contribution is 2.36. The number of aromatic nitrogens is 3. The van der Waals surface area contributed by atoms with Gasteiger partial charge in [-0.1, -0.05) is 42.5 Å². The van der Waals surface area contributed by atoms with Crippen LogP contribution in [0, 0.1) is 5.82 Å². The largest absolute Gasteiger partial charge is 0.496 e. The summed E-state index contributed by atoms with van der Waals surface area (Å²) in [4.78, 5) is 21.7. The van der Waals surface area contributed by atoms with Gasteiger partial charge in [-0.2, -0.15) is 0 Å². The van der Waals surface area contributed by atoms with Gasteiger partial charge in [-0.25, -0.2) is 9.37 Å². The molecule has 0 saturated carbocycles. The number of hydrogen-bond acceptors (Lipinski definition) is 4. The summed E-state index contributed by atoms with van der Waals surface area (Å²) in [5, 5.41) is 1.64. The molecule has 0 N–H and O–H groups in total. The summed E-state index contributed by atoms with van der Waals surface area (Å²) in [5.74, 6) is 0.903. The van der Waals surface area contributed by atoms with Crippen molar-refractivity contribution in [2.24, 2.45) is 7.05 Å². The summed E-state index contributed by atoms with van der Waals surface area (Å²) in [7, 11) is 3.29. The Bertz CT molecular complexity index is 1560. The molecule has 0 spiro atoms. The van der Waals surface area contributed by atoms with E-state index in [-0.39, 0.29) is 5.56 Å². The van der Waals surface area contributed by atoms with Crippen LogP contribution in [0.3, 0.4) is 0 Å². The molecule has 0 bridgehead atoms. The minimum absolute atomic E-state index is 0.214. The van der Waals surface area contributed by atoms with Gasteiger partial charge in [-0.3, -0.25) is 14.3 Å². The van der Waals surface area contributed by atoms with Crippen molar-refractivity contribution in [3.63, 3.8) is 0 Å². The van der Waals surface area contributed by atoms with Crippen molar-refractivity contribution >= 4 is 10.8 Å². The summed E-state index contributed by atoms with van der Waals surface area (Å²) >= 11 is 0. The molecule has 3 aromatic carbocycles. The van der Waals surface area contributed by atoms with Crippen molar-refractivity contribution in [1.82, 2.24) is 14.5 Å². The minimum atomic E-state index is -0.420. The van der Waals surface area contributed by atoms with E-state index in [1.807, 2.05) is 42.5 Å². The van der Waals surface area contributed by atoms with E-state index in [9.17, 15) is 4.79 Å². The molecule has 0 saturated heterocycles. The molecule has 5 aromatic rings. The van der Waals surface area contributed by atoms with Gasteiger partial charge in [0.15, 0.2) is 0 Å². The van der Waals surface area contributed by atoms with Gasteiger partial charge < -0.3 is 4.74 Å². The lowest BCUT2D eigenvalue weighted by Crippen LogP contribution is -2.23. The van der Waals surface area contributed by atoms with Gasteiger partial charge in [0.1, 0.15) is 17.4 Å². The van der Waals surface area contributed by atoms with Crippen molar-refractivity contribution < 1.29 is 9.13 Å². The lowest BCUT2D eigenvalue weighted by Gasteiger charge is -2.13. The molecule has 2 heterocycles. The van der Waals surface area contributed by atoms with Crippen molar-refractivity contribution in [2.45, 2.75) is 6.42 Å². The summed E-state index contributed by atoms with van der Waals surface area (Å²) in [6.45, 7) is 0. The van der Waals surface area contributed by atoms with Gasteiger partial charge in [0.25, 0.3) is 5.56 Å². The lowest BCUT2D eigenvalue weighted by atomic mass is 9.96. The SMILES string of the molecule is COc1ccc(-c2ccc(-c3cnc(Cc4ccccc4)n(C)c3=O)cc2F)c2ccncc12. The summed E-state index contributed by atoms with van der Waals surface area (Å²) in [6.07, 6.45) is 5.45. The predicted molar refractivity (Wildman–Crippen MR) is 131 cm³/mol. The molecule has 5 nitrogen and oxygen atoms in total. The molecule has 0 aliphatic carbocycles. The van der Waals surface area contributed by atoms with Crippen molar-refractivity contribution in [2.75, 3.05) is 7.11 Å². The molecule has 0 amide bonds. The third kappa shape index (κ3) is 3.83. The highest BCUT2D eigenvalue weighted by atomic mass is 19.1. The Morgan fingerprint density at radius 1 is 0.912 bits per heavy atom. The van der Waals surface area contributed by atoms with Crippen LogP contribution in [0.5, 0.6) is 5.75 Å². The zero-order chi connectivity index (χ0) is 23.7. The molecular weight excluding hydrogens is 429 g/mol. The fourth-order valence-electron chi connectivity index (χ4n) is 4.20. The van der Waals surface area contributed by atoms with E-state index in [0.717, 1.165) is 21.9 Å². The number of fused-ring (bicyclic) bond motifs is 1. The van der Waals surface area contributed by atoms with Crippen LogP contribution in [0.2, 0.25) is 0 Å². The number of methoxy groups -OCH3 is 1. The first-order valence-corrected chi connectivity index (χ1v) is 10.9. The molecule has 0 aliphatic rings. The Morgan fingerprint density at radius 2 is 1.71 bits per heavy atom. The molecule has 34 heavy (non-hydrogen) atoms. The minimum Gasteiger partial charge on any atom is -0.496 e. The first-order valence-electron chi connectivity index (χ1n) is 10.9. The van der Waals surface area contributed by atoms with Crippen LogP contribution in [0.4, 0.5) is 4.39 Å². The zero-order valence-electron chi connectivity index (χ0n) is 18.8. The first kappa shape index (κ1) is 21.5. The van der Waals surface area contributed by atoms with Crippen LogP contribution in [0.25, 0.3) is 33.0 Å². The van der Waals surface area contributed by atoms with E-state index < -0.39 is 5.82 Å². The van der Waals surface area contributed by atoms with Crippen LogP contribution in [0.1, 0.15) is 11.4 Å². The maximum atomic E-state index is 15.4. The Balaban J connectivity index is 1.54.